The first kappa shape index (κ1) is 15.3. The van der Waals surface area contributed by atoms with Crippen LogP contribution in [0.4, 0.5) is 0 Å². The second-order valence-electron chi connectivity index (χ2n) is 6.77. The molecule has 1 heterocycles. The van der Waals surface area contributed by atoms with E-state index in [-0.39, 0.29) is 0 Å². The number of hydrogen-bond acceptors (Lipinski definition) is 3. The summed E-state index contributed by atoms with van der Waals surface area (Å²) in [6, 6.07) is 15.6. The van der Waals surface area contributed by atoms with Crippen LogP contribution in [-0.2, 0) is 0 Å². The van der Waals surface area contributed by atoms with Gasteiger partial charge in [-0.3, -0.25) is 4.90 Å². The summed E-state index contributed by atoms with van der Waals surface area (Å²) in [4.78, 5) is 2.70. The topological polar surface area (TPSA) is 12.5 Å². The predicted octanol–water partition coefficient (Wildman–Crippen LogP) is 4.93. The number of nitrogens with zero attached hydrogens (tertiary/aromatic N) is 1. The standard InChI is InChI=1S/C20H25NOS/c1-2-9-17(10-3-1)21-13-18(23-15-21)14-22-20-12-6-8-16-7-4-5-11-19(16)20/h4-8,11-12,17-18H,1-3,9-10,13-15H2/t18-/m0/s1. The van der Waals surface area contributed by atoms with Crippen molar-refractivity contribution < 1.29 is 4.74 Å². The van der Waals surface area contributed by atoms with E-state index in [0.29, 0.717) is 5.25 Å². The van der Waals surface area contributed by atoms with Crippen LogP contribution in [-0.4, -0.2) is 35.2 Å². The minimum atomic E-state index is 0.607. The van der Waals surface area contributed by atoms with Crippen LogP contribution in [0.5, 0.6) is 5.75 Å². The van der Waals surface area contributed by atoms with Gasteiger partial charge in [-0.25, -0.2) is 0 Å². The van der Waals surface area contributed by atoms with Crippen molar-refractivity contribution in [3.63, 3.8) is 0 Å². The van der Waals surface area contributed by atoms with Gasteiger partial charge in [0.1, 0.15) is 12.4 Å². The Morgan fingerprint density at radius 2 is 1.83 bits per heavy atom. The van der Waals surface area contributed by atoms with Crippen LogP contribution in [0.25, 0.3) is 10.8 Å². The van der Waals surface area contributed by atoms with Crippen LogP contribution in [0.1, 0.15) is 32.1 Å². The zero-order valence-electron chi connectivity index (χ0n) is 13.6. The zero-order valence-corrected chi connectivity index (χ0v) is 14.4. The van der Waals surface area contributed by atoms with Crippen LogP contribution < -0.4 is 4.74 Å². The maximum Gasteiger partial charge on any atom is 0.127 e. The lowest BCUT2D eigenvalue weighted by Crippen LogP contribution is -2.36. The Labute approximate surface area is 143 Å². The Balaban J connectivity index is 1.36. The van der Waals surface area contributed by atoms with E-state index in [0.717, 1.165) is 18.4 Å². The van der Waals surface area contributed by atoms with Gasteiger partial charge in [0.2, 0.25) is 0 Å². The molecule has 122 valence electrons. The monoisotopic (exact) mass is 327 g/mol. The van der Waals surface area contributed by atoms with Crippen molar-refractivity contribution in [1.82, 2.24) is 4.90 Å². The normalized spacial score (nSPS) is 23.4. The molecule has 2 aliphatic rings. The molecule has 1 atom stereocenters. The molecule has 1 aliphatic heterocycles. The Bertz CT molecular complexity index is 648. The van der Waals surface area contributed by atoms with Gasteiger partial charge in [0.05, 0.1) is 5.25 Å². The van der Waals surface area contributed by atoms with Crippen LogP contribution in [0, 0.1) is 0 Å². The lowest BCUT2D eigenvalue weighted by molar-refractivity contribution is 0.185. The molecule has 0 amide bonds. The smallest absolute Gasteiger partial charge is 0.127 e. The van der Waals surface area contributed by atoms with E-state index in [1.807, 2.05) is 0 Å². The SMILES string of the molecule is c1ccc2c(OC[C@@H]3CN(C4CCCCC4)CS3)cccc2c1. The molecule has 0 radical (unpaired) electrons. The van der Waals surface area contributed by atoms with Crippen LogP contribution >= 0.6 is 11.8 Å². The van der Waals surface area contributed by atoms with Crippen LogP contribution in [0.15, 0.2) is 42.5 Å². The third-order valence-electron chi connectivity index (χ3n) is 5.18. The van der Waals surface area contributed by atoms with Gasteiger partial charge in [0.25, 0.3) is 0 Å². The Kier molecular flexibility index (Phi) is 4.77. The predicted molar refractivity (Wildman–Crippen MR) is 99.3 cm³/mol. The molecule has 3 heteroatoms. The highest BCUT2D eigenvalue weighted by Gasteiger charge is 2.29. The first-order chi connectivity index (χ1) is 11.4. The summed E-state index contributed by atoms with van der Waals surface area (Å²) in [6.07, 6.45) is 7.08. The lowest BCUT2D eigenvalue weighted by Gasteiger charge is -2.30. The van der Waals surface area contributed by atoms with E-state index in [1.54, 1.807) is 0 Å². The van der Waals surface area contributed by atoms with Gasteiger partial charge in [-0.05, 0) is 24.3 Å². The van der Waals surface area contributed by atoms with Gasteiger partial charge in [-0.1, -0.05) is 55.7 Å². The highest BCUT2D eigenvalue weighted by Crippen LogP contribution is 2.32. The maximum atomic E-state index is 6.19. The number of ether oxygens (including phenoxy) is 1. The molecule has 0 spiro atoms. The summed E-state index contributed by atoms with van der Waals surface area (Å²) in [5.41, 5.74) is 0. The van der Waals surface area contributed by atoms with Crippen LogP contribution in [0.3, 0.4) is 0 Å². The molecule has 4 rings (SSSR count). The van der Waals surface area contributed by atoms with Gasteiger partial charge < -0.3 is 4.74 Å². The van der Waals surface area contributed by atoms with E-state index in [4.69, 9.17) is 4.74 Å². The Hall–Kier alpha value is -1.19. The molecule has 1 aliphatic carbocycles. The fraction of sp³-hybridized carbons (Fsp3) is 0.500. The molecule has 0 aromatic heterocycles. The van der Waals surface area contributed by atoms with Gasteiger partial charge in [-0.15, -0.1) is 11.8 Å². The second-order valence-corrected chi connectivity index (χ2v) is 8.03. The molecule has 2 nitrogen and oxygen atoms in total. The first-order valence-electron chi connectivity index (χ1n) is 8.86. The molecule has 1 saturated heterocycles. The molecule has 2 fully saturated rings. The van der Waals surface area contributed by atoms with Gasteiger partial charge >= 0.3 is 0 Å². The first-order valence-corrected chi connectivity index (χ1v) is 9.91. The Morgan fingerprint density at radius 3 is 2.74 bits per heavy atom. The van der Waals surface area contributed by atoms with E-state index in [9.17, 15) is 0 Å². The average Bonchev–Trinajstić information content (AvgIpc) is 3.10. The van der Waals surface area contributed by atoms with Gasteiger partial charge in [0, 0.05) is 23.8 Å². The van der Waals surface area contributed by atoms with Crippen molar-refractivity contribution in [3.8, 4) is 5.75 Å². The lowest BCUT2D eigenvalue weighted by atomic mass is 9.94. The average molecular weight is 327 g/mol. The summed E-state index contributed by atoms with van der Waals surface area (Å²) < 4.78 is 6.19. The van der Waals surface area contributed by atoms with Crippen molar-refractivity contribution in [3.05, 3.63) is 42.5 Å². The number of fused-ring (bicyclic) bond motifs is 1. The summed E-state index contributed by atoms with van der Waals surface area (Å²) in [6.45, 7) is 2.02. The molecule has 23 heavy (non-hydrogen) atoms. The van der Waals surface area contributed by atoms with Crippen molar-refractivity contribution in [1.29, 1.82) is 0 Å². The largest absolute Gasteiger partial charge is 0.492 e. The van der Waals surface area contributed by atoms with E-state index in [1.165, 1.54) is 55.3 Å². The fourth-order valence-electron chi connectivity index (χ4n) is 3.87. The third-order valence-corrected chi connectivity index (χ3v) is 6.42. The zero-order chi connectivity index (χ0) is 15.5. The highest BCUT2D eigenvalue weighted by molar-refractivity contribution is 8.00. The van der Waals surface area contributed by atoms with Crippen molar-refractivity contribution >= 4 is 22.5 Å². The third kappa shape index (κ3) is 3.51. The molecular formula is C20H25NOS. The number of benzene rings is 2. The van der Waals surface area contributed by atoms with Gasteiger partial charge in [-0.2, -0.15) is 0 Å². The summed E-state index contributed by atoms with van der Waals surface area (Å²) in [5.74, 6) is 2.22. The minimum absolute atomic E-state index is 0.607. The number of thioether (sulfide) groups is 1. The molecule has 0 unspecified atom stereocenters. The van der Waals surface area contributed by atoms with E-state index < -0.39 is 0 Å². The van der Waals surface area contributed by atoms with Crippen molar-refractivity contribution in [2.75, 3.05) is 19.0 Å². The Morgan fingerprint density at radius 1 is 1.00 bits per heavy atom. The maximum absolute atomic E-state index is 6.19. The molecular weight excluding hydrogens is 302 g/mol. The summed E-state index contributed by atoms with van der Waals surface area (Å²) >= 11 is 2.07. The van der Waals surface area contributed by atoms with E-state index in [2.05, 4.69) is 59.1 Å². The van der Waals surface area contributed by atoms with E-state index >= 15 is 0 Å². The van der Waals surface area contributed by atoms with Crippen molar-refractivity contribution in [2.45, 2.75) is 43.4 Å². The molecule has 0 bridgehead atoms. The fourth-order valence-corrected chi connectivity index (χ4v) is 5.05. The molecule has 1 saturated carbocycles. The summed E-state index contributed by atoms with van der Waals surface area (Å²) in [7, 11) is 0. The minimum Gasteiger partial charge on any atom is -0.492 e. The molecule has 0 N–H and O–H groups in total. The van der Waals surface area contributed by atoms with Gasteiger partial charge in [0.15, 0.2) is 0 Å². The number of hydrogen-bond donors (Lipinski definition) is 0. The summed E-state index contributed by atoms with van der Waals surface area (Å²) in [5, 5.41) is 3.09. The van der Waals surface area contributed by atoms with Crippen LogP contribution in [0.2, 0.25) is 0 Å². The second kappa shape index (κ2) is 7.14. The molecule has 2 aromatic carbocycles. The highest BCUT2D eigenvalue weighted by atomic mass is 32.2. The molecule has 2 aromatic rings. The number of rotatable bonds is 4. The van der Waals surface area contributed by atoms with Crippen molar-refractivity contribution in [2.24, 2.45) is 0 Å². The quantitative estimate of drug-likeness (QED) is 0.790.